The molecule has 0 atom stereocenters. The number of para-hydroxylation sites is 1. The number of benzene rings is 3. The third kappa shape index (κ3) is 7.03. The first kappa shape index (κ1) is 24.7. The number of esters is 1. The number of anilines is 2. The van der Waals surface area contributed by atoms with Gasteiger partial charge >= 0.3 is 5.97 Å². The average molecular weight is 505 g/mol. The number of hydrogen-bond acceptors (Lipinski definition) is 8. The lowest BCUT2D eigenvalue weighted by Gasteiger charge is -2.09. The van der Waals surface area contributed by atoms with Crippen LogP contribution in [0.2, 0.25) is 0 Å². The number of nitrogens with one attached hydrogen (secondary N) is 1. The quantitative estimate of drug-likeness (QED) is 0.184. The van der Waals surface area contributed by atoms with E-state index >= 15 is 0 Å². The van der Waals surface area contributed by atoms with E-state index in [2.05, 4.69) is 15.3 Å². The molecule has 36 heavy (non-hydrogen) atoms. The zero-order chi connectivity index (χ0) is 25.3. The van der Waals surface area contributed by atoms with Crippen LogP contribution in [0.1, 0.15) is 15.9 Å². The highest BCUT2D eigenvalue weighted by Crippen LogP contribution is 2.23. The first-order valence-corrected chi connectivity index (χ1v) is 11.7. The summed E-state index contributed by atoms with van der Waals surface area (Å²) in [5, 5.41) is 2.81. The molecule has 0 radical (unpaired) electrons. The maximum atomic E-state index is 13.0. The molecule has 0 saturated heterocycles. The predicted molar refractivity (Wildman–Crippen MR) is 134 cm³/mol. The van der Waals surface area contributed by atoms with Crippen LogP contribution in [0.15, 0.2) is 90.2 Å². The second-order valence-electron chi connectivity index (χ2n) is 7.42. The third-order valence-electron chi connectivity index (χ3n) is 4.74. The number of thioether (sulfide) groups is 1. The Labute approximate surface area is 210 Å². The highest BCUT2D eigenvalue weighted by Gasteiger charge is 2.14. The Balaban J connectivity index is 1.26. The Bertz CT molecular complexity index is 1350. The van der Waals surface area contributed by atoms with Gasteiger partial charge in [-0.3, -0.25) is 9.59 Å². The maximum absolute atomic E-state index is 13.0. The number of aromatic nitrogens is 2. The smallest absolute Gasteiger partial charge is 0.316 e. The largest absolute Gasteiger partial charge is 0.460 e. The van der Waals surface area contributed by atoms with Crippen LogP contribution < -0.4 is 15.8 Å². The molecule has 0 aliphatic carbocycles. The van der Waals surface area contributed by atoms with E-state index in [1.807, 2.05) is 48.5 Å². The van der Waals surface area contributed by atoms with Crippen molar-refractivity contribution in [1.82, 2.24) is 9.97 Å². The van der Waals surface area contributed by atoms with Crippen molar-refractivity contribution < 1.29 is 23.5 Å². The second kappa shape index (κ2) is 11.8. The summed E-state index contributed by atoms with van der Waals surface area (Å²) < 4.78 is 24.1. The fraction of sp³-hybridized carbons (Fsp3) is 0.0769. The Morgan fingerprint density at radius 3 is 2.47 bits per heavy atom. The van der Waals surface area contributed by atoms with Gasteiger partial charge in [-0.2, -0.15) is 0 Å². The molecule has 4 aromatic rings. The number of nitrogens with two attached hydrogens (primary N) is 1. The molecule has 0 aliphatic heterocycles. The fourth-order valence-electron chi connectivity index (χ4n) is 3.01. The van der Waals surface area contributed by atoms with Crippen molar-refractivity contribution in [1.29, 1.82) is 0 Å². The molecule has 1 aromatic heterocycles. The minimum atomic E-state index is -0.534. The SMILES string of the molecule is Nc1nc(SCC(=O)OCc2cccc(Oc3ccccc3)c2)ncc1C(=O)Nc1ccc(F)cc1. The summed E-state index contributed by atoms with van der Waals surface area (Å²) in [4.78, 5) is 32.8. The first-order valence-electron chi connectivity index (χ1n) is 10.8. The second-order valence-corrected chi connectivity index (χ2v) is 8.37. The number of ether oxygens (including phenoxy) is 2. The Morgan fingerprint density at radius 1 is 0.972 bits per heavy atom. The van der Waals surface area contributed by atoms with Gasteiger partial charge < -0.3 is 20.5 Å². The Morgan fingerprint density at radius 2 is 1.72 bits per heavy atom. The molecule has 0 spiro atoms. The van der Waals surface area contributed by atoms with Crippen LogP contribution in [0, 0.1) is 5.82 Å². The van der Waals surface area contributed by atoms with Gasteiger partial charge in [0.05, 0.1) is 5.75 Å². The zero-order valence-electron chi connectivity index (χ0n) is 18.9. The summed E-state index contributed by atoms with van der Waals surface area (Å²) in [6, 6.07) is 21.9. The molecule has 1 heterocycles. The molecule has 3 aromatic carbocycles. The average Bonchev–Trinajstić information content (AvgIpc) is 2.88. The molecule has 182 valence electrons. The summed E-state index contributed by atoms with van der Waals surface area (Å²) in [6.07, 6.45) is 1.27. The number of amides is 1. The number of nitrogen functional groups attached to an aromatic ring is 1. The maximum Gasteiger partial charge on any atom is 0.316 e. The van der Waals surface area contributed by atoms with Gasteiger partial charge in [-0.25, -0.2) is 14.4 Å². The summed E-state index contributed by atoms with van der Waals surface area (Å²) in [5.74, 6) is -0.154. The number of hydrogen-bond donors (Lipinski definition) is 2. The van der Waals surface area contributed by atoms with Crippen LogP contribution in [0.3, 0.4) is 0 Å². The predicted octanol–water partition coefficient (Wildman–Crippen LogP) is 5.08. The van der Waals surface area contributed by atoms with Gasteiger partial charge in [0.1, 0.15) is 35.3 Å². The highest BCUT2D eigenvalue weighted by atomic mass is 32.2. The Hall–Kier alpha value is -4.44. The number of rotatable bonds is 9. The first-order chi connectivity index (χ1) is 17.5. The molecule has 10 heteroatoms. The van der Waals surface area contributed by atoms with Crippen LogP contribution in [0.25, 0.3) is 0 Å². The van der Waals surface area contributed by atoms with E-state index in [1.54, 1.807) is 6.07 Å². The molecule has 0 unspecified atom stereocenters. The normalized spacial score (nSPS) is 10.5. The number of carbonyl (C=O) groups is 2. The zero-order valence-corrected chi connectivity index (χ0v) is 19.7. The summed E-state index contributed by atoms with van der Waals surface area (Å²) >= 11 is 1.03. The van der Waals surface area contributed by atoms with Crippen LogP contribution in [0.5, 0.6) is 11.5 Å². The minimum Gasteiger partial charge on any atom is -0.460 e. The van der Waals surface area contributed by atoms with E-state index in [0.717, 1.165) is 17.3 Å². The van der Waals surface area contributed by atoms with Crippen molar-refractivity contribution in [2.75, 3.05) is 16.8 Å². The Kier molecular flexibility index (Phi) is 8.09. The van der Waals surface area contributed by atoms with Crippen molar-refractivity contribution in [3.8, 4) is 11.5 Å². The van der Waals surface area contributed by atoms with Crippen molar-refractivity contribution in [2.45, 2.75) is 11.8 Å². The van der Waals surface area contributed by atoms with E-state index in [-0.39, 0.29) is 28.9 Å². The van der Waals surface area contributed by atoms with Crippen molar-refractivity contribution in [2.24, 2.45) is 0 Å². The highest BCUT2D eigenvalue weighted by molar-refractivity contribution is 7.99. The molecule has 0 aliphatic rings. The van der Waals surface area contributed by atoms with Crippen LogP contribution in [0.4, 0.5) is 15.9 Å². The summed E-state index contributed by atoms with van der Waals surface area (Å²) in [7, 11) is 0. The van der Waals surface area contributed by atoms with Crippen LogP contribution in [-0.2, 0) is 16.1 Å². The van der Waals surface area contributed by atoms with Gasteiger partial charge in [0.2, 0.25) is 0 Å². The van der Waals surface area contributed by atoms with E-state index in [4.69, 9.17) is 15.2 Å². The lowest BCUT2D eigenvalue weighted by Crippen LogP contribution is -2.16. The molecule has 8 nitrogen and oxygen atoms in total. The minimum absolute atomic E-state index is 0.0409. The summed E-state index contributed by atoms with van der Waals surface area (Å²) in [5.41, 5.74) is 7.13. The number of carbonyl (C=O) groups excluding carboxylic acids is 2. The topological polar surface area (TPSA) is 116 Å². The molecule has 0 fully saturated rings. The van der Waals surface area contributed by atoms with Crippen molar-refractivity contribution >= 4 is 35.1 Å². The third-order valence-corrected chi connectivity index (χ3v) is 5.57. The van der Waals surface area contributed by atoms with Gasteiger partial charge in [-0.05, 0) is 54.1 Å². The van der Waals surface area contributed by atoms with E-state index in [9.17, 15) is 14.0 Å². The molecule has 3 N–H and O–H groups in total. The number of halogens is 1. The molecule has 1 amide bonds. The van der Waals surface area contributed by atoms with Crippen LogP contribution >= 0.6 is 11.8 Å². The van der Waals surface area contributed by atoms with Crippen LogP contribution in [-0.4, -0.2) is 27.6 Å². The monoisotopic (exact) mass is 504 g/mol. The fourth-order valence-corrected chi connectivity index (χ4v) is 3.63. The molecule has 0 saturated carbocycles. The van der Waals surface area contributed by atoms with E-state index in [1.165, 1.54) is 30.5 Å². The molecule has 4 rings (SSSR count). The lowest BCUT2D eigenvalue weighted by atomic mass is 10.2. The summed E-state index contributed by atoms with van der Waals surface area (Å²) in [6.45, 7) is 0.0802. The molecule has 0 bridgehead atoms. The molecular weight excluding hydrogens is 483 g/mol. The van der Waals surface area contributed by atoms with Gasteiger partial charge in [0, 0.05) is 11.9 Å². The van der Waals surface area contributed by atoms with Gasteiger partial charge in [0.25, 0.3) is 5.91 Å². The van der Waals surface area contributed by atoms with E-state index < -0.39 is 17.7 Å². The van der Waals surface area contributed by atoms with Crippen molar-refractivity contribution in [3.05, 3.63) is 102 Å². The van der Waals surface area contributed by atoms with Gasteiger partial charge in [0.15, 0.2) is 5.16 Å². The lowest BCUT2D eigenvalue weighted by molar-refractivity contribution is -0.141. The van der Waals surface area contributed by atoms with Gasteiger partial charge in [-0.1, -0.05) is 42.1 Å². The molecular formula is C26H21FN4O4S. The number of nitrogens with zero attached hydrogens (tertiary/aromatic N) is 2. The van der Waals surface area contributed by atoms with Crippen molar-refractivity contribution in [3.63, 3.8) is 0 Å². The standard InChI is InChI=1S/C26H21FN4O4S/c27-18-9-11-19(12-10-18)30-25(33)22-14-29-26(31-24(22)28)36-16-23(32)34-15-17-5-4-8-21(13-17)35-20-6-2-1-3-7-20/h1-14H,15-16H2,(H,30,33)(H2,28,29,31). The van der Waals surface area contributed by atoms with E-state index in [0.29, 0.717) is 17.2 Å². The van der Waals surface area contributed by atoms with Gasteiger partial charge in [-0.15, -0.1) is 0 Å².